The minimum Gasteiger partial charge on any atom is -0.466 e. The zero-order valence-electron chi connectivity index (χ0n) is 20.2. The number of likely N-dealkylation sites (tertiary alicyclic amines) is 1. The molecule has 1 saturated heterocycles. The van der Waals surface area contributed by atoms with Gasteiger partial charge in [-0.1, -0.05) is 54.6 Å². The quantitative estimate of drug-likeness (QED) is 0.559. The number of hydrogen-bond donors (Lipinski definition) is 1. The van der Waals surface area contributed by atoms with Gasteiger partial charge in [0.2, 0.25) is 0 Å². The molecule has 36 heavy (non-hydrogen) atoms. The Kier molecular flexibility index (Phi) is 8.09. The highest BCUT2D eigenvalue weighted by Crippen LogP contribution is 2.49. The first-order valence-corrected chi connectivity index (χ1v) is 11.7. The largest absolute Gasteiger partial charge is 0.466 e. The molecule has 192 valence electrons. The second kappa shape index (κ2) is 10.7. The highest BCUT2D eigenvalue weighted by atomic mass is 19.4. The van der Waals surface area contributed by atoms with E-state index in [9.17, 15) is 33.1 Å². The van der Waals surface area contributed by atoms with E-state index in [2.05, 4.69) is 6.07 Å². The maximum Gasteiger partial charge on any atom is 0.430 e. The molecule has 2 atom stereocenters. The van der Waals surface area contributed by atoms with E-state index in [1.807, 2.05) is 19.1 Å². The lowest BCUT2D eigenvalue weighted by molar-refractivity contribution is -0.262. The van der Waals surface area contributed by atoms with E-state index in [-0.39, 0.29) is 39.0 Å². The van der Waals surface area contributed by atoms with Gasteiger partial charge in [-0.15, -0.1) is 0 Å². The van der Waals surface area contributed by atoms with Crippen molar-refractivity contribution in [3.05, 3.63) is 71.3 Å². The fraction of sp³-hybridized carbons (Fsp3) is 0.444. The molecule has 1 amide bonds. The second-order valence-electron chi connectivity index (χ2n) is 9.13. The average Bonchev–Trinajstić information content (AvgIpc) is 2.85. The zero-order valence-corrected chi connectivity index (χ0v) is 20.2. The van der Waals surface area contributed by atoms with Crippen molar-refractivity contribution in [2.24, 2.45) is 5.41 Å². The Bertz CT molecular complexity index is 1120. The highest BCUT2D eigenvalue weighted by molar-refractivity contribution is 5.87. The molecule has 1 unspecified atom stereocenters. The number of amides is 1. The van der Waals surface area contributed by atoms with Gasteiger partial charge in [-0.3, -0.25) is 9.59 Å². The Morgan fingerprint density at radius 2 is 1.69 bits per heavy atom. The Hall–Kier alpha value is -3.38. The van der Waals surface area contributed by atoms with Crippen molar-refractivity contribution in [1.29, 1.82) is 5.26 Å². The number of aliphatic hydroxyl groups is 1. The number of halogens is 3. The summed E-state index contributed by atoms with van der Waals surface area (Å²) in [4.78, 5) is 26.7. The fourth-order valence-corrected chi connectivity index (χ4v) is 4.99. The van der Waals surface area contributed by atoms with Gasteiger partial charge in [0.05, 0.1) is 25.0 Å². The zero-order chi connectivity index (χ0) is 26.6. The number of nitrogens with zero attached hydrogens (tertiary/aromatic N) is 2. The Morgan fingerprint density at radius 3 is 2.22 bits per heavy atom. The van der Waals surface area contributed by atoms with Crippen molar-refractivity contribution in [3.63, 3.8) is 0 Å². The maximum absolute atomic E-state index is 14.1. The molecule has 1 fully saturated rings. The number of alkyl halides is 3. The van der Waals surface area contributed by atoms with Gasteiger partial charge in [-0.05, 0) is 37.8 Å². The van der Waals surface area contributed by atoms with Crippen LogP contribution in [-0.4, -0.2) is 47.8 Å². The van der Waals surface area contributed by atoms with Crippen LogP contribution in [0, 0.1) is 23.7 Å². The standard InChI is InChI=1S/C27H29F3N2O4/c1-3-36-23(33)17-25(22(18-31)21-12-8-7-9-19(21)2)13-15-32(16-14-25)24(34)26(35,27(28,29)30)20-10-5-4-6-11-20/h4-12,22,35H,3,13-17H2,1-2H3/t22?,26-/m1/s1. The Morgan fingerprint density at radius 1 is 1.11 bits per heavy atom. The number of esters is 1. The van der Waals surface area contributed by atoms with Crippen LogP contribution in [-0.2, 0) is 19.9 Å². The summed E-state index contributed by atoms with van der Waals surface area (Å²) in [5.74, 6) is -2.73. The third-order valence-electron chi connectivity index (χ3n) is 7.00. The number of benzene rings is 2. The first-order chi connectivity index (χ1) is 17.0. The van der Waals surface area contributed by atoms with Gasteiger partial charge >= 0.3 is 12.1 Å². The van der Waals surface area contributed by atoms with Crippen molar-refractivity contribution in [3.8, 4) is 6.07 Å². The van der Waals surface area contributed by atoms with Crippen molar-refractivity contribution in [1.82, 2.24) is 4.90 Å². The van der Waals surface area contributed by atoms with Crippen LogP contribution in [0.15, 0.2) is 54.6 Å². The van der Waals surface area contributed by atoms with Gasteiger partial charge in [0, 0.05) is 24.1 Å². The maximum atomic E-state index is 14.1. The van der Waals surface area contributed by atoms with Crippen LogP contribution in [0.25, 0.3) is 0 Å². The van der Waals surface area contributed by atoms with Crippen molar-refractivity contribution < 1.29 is 32.6 Å². The average molecular weight is 503 g/mol. The molecule has 0 aromatic heterocycles. The smallest absolute Gasteiger partial charge is 0.430 e. The van der Waals surface area contributed by atoms with E-state index < -0.39 is 40.6 Å². The van der Waals surface area contributed by atoms with Crippen LogP contribution in [0.5, 0.6) is 0 Å². The highest BCUT2D eigenvalue weighted by Gasteiger charge is 2.62. The molecular weight excluding hydrogens is 473 g/mol. The summed E-state index contributed by atoms with van der Waals surface area (Å²) in [6.45, 7) is 3.34. The summed E-state index contributed by atoms with van der Waals surface area (Å²) in [6.07, 6.45) is -5.18. The monoisotopic (exact) mass is 502 g/mol. The second-order valence-corrected chi connectivity index (χ2v) is 9.13. The summed E-state index contributed by atoms with van der Waals surface area (Å²) < 4.78 is 47.3. The summed E-state index contributed by atoms with van der Waals surface area (Å²) in [5, 5.41) is 20.9. The molecule has 9 heteroatoms. The van der Waals surface area contributed by atoms with Crippen LogP contribution in [0.4, 0.5) is 13.2 Å². The summed E-state index contributed by atoms with van der Waals surface area (Å²) in [7, 11) is 0. The van der Waals surface area contributed by atoms with Gasteiger partial charge < -0.3 is 14.7 Å². The number of carbonyl (C=O) groups is 2. The molecule has 0 bridgehead atoms. The Balaban J connectivity index is 1.95. The lowest BCUT2D eigenvalue weighted by atomic mass is 9.64. The predicted octanol–water partition coefficient (Wildman–Crippen LogP) is 4.61. The van der Waals surface area contributed by atoms with Crippen LogP contribution < -0.4 is 0 Å². The third-order valence-corrected chi connectivity index (χ3v) is 7.00. The van der Waals surface area contributed by atoms with Gasteiger partial charge in [0.1, 0.15) is 0 Å². The lowest BCUT2D eigenvalue weighted by Crippen LogP contribution is -2.58. The number of ether oxygens (including phenoxy) is 1. The summed E-state index contributed by atoms with van der Waals surface area (Å²) >= 11 is 0. The van der Waals surface area contributed by atoms with Gasteiger partial charge in [-0.25, -0.2) is 0 Å². The molecule has 2 aromatic carbocycles. The summed E-state index contributed by atoms with van der Waals surface area (Å²) in [5.41, 5.74) is -3.66. The van der Waals surface area contributed by atoms with Crippen molar-refractivity contribution in [2.45, 2.75) is 50.8 Å². The molecule has 3 rings (SSSR count). The minimum absolute atomic E-state index is 0.0901. The number of piperidine rings is 1. The molecule has 1 N–H and O–H groups in total. The SMILES string of the molecule is CCOC(=O)CC1(C(C#N)c2ccccc2C)CCN(C(=O)[C@](O)(c2ccccc2)C(F)(F)F)CC1. The first-order valence-electron chi connectivity index (χ1n) is 11.7. The van der Waals surface area contributed by atoms with Crippen molar-refractivity contribution in [2.75, 3.05) is 19.7 Å². The number of rotatable bonds is 7. The van der Waals surface area contributed by atoms with Gasteiger partial charge in [-0.2, -0.15) is 18.4 Å². The molecule has 1 heterocycles. The molecule has 0 spiro atoms. The van der Waals surface area contributed by atoms with E-state index in [0.717, 1.165) is 28.2 Å². The van der Waals surface area contributed by atoms with E-state index >= 15 is 0 Å². The Labute approximate surface area is 208 Å². The van der Waals surface area contributed by atoms with Crippen molar-refractivity contribution >= 4 is 11.9 Å². The molecule has 6 nitrogen and oxygen atoms in total. The van der Waals surface area contributed by atoms with E-state index in [1.165, 1.54) is 18.2 Å². The molecule has 0 saturated carbocycles. The van der Waals surface area contributed by atoms with Crippen LogP contribution in [0.2, 0.25) is 0 Å². The molecule has 1 aliphatic heterocycles. The van der Waals surface area contributed by atoms with Crippen LogP contribution >= 0.6 is 0 Å². The minimum atomic E-state index is -5.25. The summed E-state index contributed by atoms with van der Waals surface area (Å²) in [6, 6.07) is 15.8. The molecule has 0 radical (unpaired) electrons. The molecule has 2 aromatic rings. The topological polar surface area (TPSA) is 90.6 Å². The predicted molar refractivity (Wildman–Crippen MR) is 125 cm³/mol. The van der Waals surface area contributed by atoms with Gasteiger partial charge in [0.25, 0.3) is 11.5 Å². The number of aryl methyl sites for hydroxylation is 1. The van der Waals surface area contributed by atoms with Crippen LogP contribution in [0.1, 0.15) is 48.8 Å². The number of carbonyl (C=O) groups excluding carboxylic acids is 2. The molecular formula is C27H29F3N2O4. The fourth-order valence-electron chi connectivity index (χ4n) is 4.99. The number of nitriles is 1. The lowest BCUT2D eigenvalue weighted by Gasteiger charge is -2.46. The van der Waals surface area contributed by atoms with E-state index in [0.29, 0.717) is 0 Å². The molecule has 1 aliphatic rings. The first kappa shape index (κ1) is 27.2. The normalized spacial score (nSPS) is 18.0. The van der Waals surface area contributed by atoms with Crippen LogP contribution in [0.3, 0.4) is 0 Å². The third kappa shape index (κ3) is 5.09. The van der Waals surface area contributed by atoms with E-state index in [1.54, 1.807) is 19.1 Å². The molecule has 0 aliphatic carbocycles. The van der Waals surface area contributed by atoms with Gasteiger partial charge in [0.15, 0.2) is 0 Å². The number of hydrogen-bond acceptors (Lipinski definition) is 5. The van der Waals surface area contributed by atoms with E-state index in [4.69, 9.17) is 4.74 Å².